The van der Waals surface area contributed by atoms with Gasteiger partial charge in [0.15, 0.2) is 0 Å². The van der Waals surface area contributed by atoms with Gasteiger partial charge < -0.3 is 16.0 Å². The molecule has 1 atom stereocenters. The van der Waals surface area contributed by atoms with E-state index >= 15 is 0 Å². The number of rotatable bonds is 7. The maximum Gasteiger partial charge on any atom is 0.315 e. The topological polar surface area (TPSA) is 70.2 Å². The molecule has 29 heavy (non-hydrogen) atoms. The van der Waals surface area contributed by atoms with E-state index in [2.05, 4.69) is 16.0 Å². The van der Waals surface area contributed by atoms with Crippen LogP contribution in [0.4, 0.5) is 4.79 Å². The molecule has 0 fully saturated rings. The zero-order valence-electron chi connectivity index (χ0n) is 15.8. The molecular weight excluding hydrogens is 386 g/mol. The Labute approximate surface area is 175 Å². The van der Waals surface area contributed by atoms with Gasteiger partial charge in [0.25, 0.3) is 0 Å². The smallest absolute Gasteiger partial charge is 0.315 e. The van der Waals surface area contributed by atoms with Crippen LogP contribution in [0.1, 0.15) is 22.7 Å². The van der Waals surface area contributed by atoms with Crippen molar-refractivity contribution < 1.29 is 9.59 Å². The van der Waals surface area contributed by atoms with Crippen LogP contribution in [0.15, 0.2) is 84.9 Å². The van der Waals surface area contributed by atoms with E-state index in [1.165, 1.54) is 0 Å². The van der Waals surface area contributed by atoms with E-state index in [9.17, 15) is 9.59 Å². The zero-order valence-corrected chi connectivity index (χ0v) is 16.5. The second kappa shape index (κ2) is 10.3. The quantitative estimate of drug-likeness (QED) is 0.553. The molecule has 3 rings (SSSR count). The van der Waals surface area contributed by atoms with Crippen LogP contribution in [0.5, 0.6) is 0 Å². The van der Waals surface area contributed by atoms with Crippen LogP contribution in [-0.4, -0.2) is 18.5 Å². The van der Waals surface area contributed by atoms with Gasteiger partial charge in [0.05, 0.1) is 12.6 Å². The molecular formula is C23H22ClN3O2. The third-order valence-corrected chi connectivity index (χ3v) is 4.60. The Balaban J connectivity index is 1.57. The van der Waals surface area contributed by atoms with Crippen LogP contribution in [0.2, 0.25) is 5.02 Å². The number of carbonyl (C=O) groups excluding carboxylic acids is 2. The predicted octanol–water partition coefficient (Wildman–Crippen LogP) is 4.05. The lowest BCUT2D eigenvalue weighted by Gasteiger charge is -2.20. The first-order valence-electron chi connectivity index (χ1n) is 9.27. The number of halogens is 1. The molecule has 0 spiro atoms. The highest BCUT2D eigenvalue weighted by Crippen LogP contribution is 2.23. The van der Waals surface area contributed by atoms with Crippen molar-refractivity contribution in [2.45, 2.75) is 12.6 Å². The van der Waals surface area contributed by atoms with Crippen LogP contribution in [0, 0.1) is 0 Å². The Hall–Kier alpha value is -3.31. The molecule has 0 saturated heterocycles. The lowest BCUT2D eigenvalue weighted by molar-refractivity contribution is -0.120. The first-order valence-corrected chi connectivity index (χ1v) is 9.65. The van der Waals surface area contributed by atoms with Crippen molar-refractivity contribution in [3.63, 3.8) is 0 Å². The average Bonchev–Trinajstić information content (AvgIpc) is 2.76. The summed E-state index contributed by atoms with van der Waals surface area (Å²) < 4.78 is 0. The molecule has 0 heterocycles. The fourth-order valence-electron chi connectivity index (χ4n) is 2.87. The van der Waals surface area contributed by atoms with Crippen molar-refractivity contribution in [3.05, 3.63) is 107 Å². The number of hydrogen-bond donors (Lipinski definition) is 3. The SMILES string of the molecule is O=C(CNC(=O)NCc1ccccc1)NC(c1ccccc1)c1ccc(Cl)cc1. The van der Waals surface area contributed by atoms with Gasteiger partial charge in [-0.05, 0) is 28.8 Å². The zero-order chi connectivity index (χ0) is 20.5. The summed E-state index contributed by atoms with van der Waals surface area (Å²) in [5, 5.41) is 8.92. The predicted molar refractivity (Wildman–Crippen MR) is 115 cm³/mol. The molecule has 0 bridgehead atoms. The van der Waals surface area contributed by atoms with Crippen molar-refractivity contribution in [1.82, 2.24) is 16.0 Å². The van der Waals surface area contributed by atoms with Gasteiger partial charge in [-0.3, -0.25) is 4.79 Å². The van der Waals surface area contributed by atoms with Crippen molar-refractivity contribution >= 4 is 23.5 Å². The van der Waals surface area contributed by atoms with Crippen molar-refractivity contribution in [2.24, 2.45) is 0 Å². The lowest BCUT2D eigenvalue weighted by Crippen LogP contribution is -2.42. The van der Waals surface area contributed by atoms with E-state index < -0.39 is 6.03 Å². The average molecular weight is 408 g/mol. The fourth-order valence-corrected chi connectivity index (χ4v) is 3.00. The number of amides is 3. The van der Waals surface area contributed by atoms with Gasteiger partial charge in [-0.15, -0.1) is 0 Å². The molecule has 3 aromatic rings. The van der Waals surface area contributed by atoms with Crippen LogP contribution in [0.25, 0.3) is 0 Å². The molecule has 148 valence electrons. The summed E-state index contributed by atoms with van der Waals surface area (Å²) in [4.78, 5) is 24.4. The number of nitrogens with one attached hydrogen (secondary N) is 3. The summed E-state index contributed by atoms with van der Waals surface area (Å²) in [6, 6.07) is 25.8. The van der Waals surface area contributed by atoms with E-state index in [1.54, 1.807) is 12.1 Å². The summed E-state index contributed by atoms with van der Waals surface area (Å²) in [7, 11) is 0. The molecule has 0 radical (unpaired) electrons. The minimum Gasteiger partial charge on any atom is -0.344 e. The fraction of sp³-hybridized carbons (Fsp3) is 0.130. The number of benzene rings is 3. The first-order chi connectivity index (χ1) is 14.1. The van der Waals surface area contributed by atoms with Crippen molar-refractivity contribution in [3.8, 4) is 0 Å². The van der Waals surface area contributed by atoms with Crippen LogP contribution in [0.3, 0.4) is 0 Å². The van der Waals surface area contributed by atoms with Crippen molar-refractivity contribution in [2.75, 3.05) is 6.54 Å². The molecule has 1 unspecified atom stereocenters. The number of hydrogen-bond acceptors (Lipinski definition) is 2. The minimum absolute atomic E-state index is 0.127. The number of carbonyl (C=O) groups is 2. The first kappa shape index (κ1) is 20.4. The van der Waals surface area contributed by atoms with Crippen LogP contribution < -0.4 is 16.0 Å². The summed E-state index contributed by atoms with van der Waals surface area (Å²) in [6.07, 6.45) is 0. The molecule has 0 aliphatic rings. The van der Waals surface area contributed by atoms with Gasteiger partial charge in [0, 0.05) is 11.6 Å². The Morgan fingerprint density at radius 3 is 2.00 bits per heavy atom. The van der Waals surface area contributed by atoms with Gasteiger partial charge in [0.2, 0.25) is 5.91 Å². The molecule has 5 nitrogen and oxygen atoms in total. The Bertz CT molecular complexity index is 931. The molecule has 3 N–H and O–H groups in total. The molecule has 0 aliphatic carbocycles. The molecule has 3 amide bonds. The van der Waals surface area contributed by atoms with E-state index in [0.717, 1.165) is 16.7 Å². The van der Waals surface area contributed by atoms with Crippen LogP contribution in [-0.2, 0) is 11.3 Å². The second-order valence-electron chi connectivity index (χ2n) is 6.48. The summed E-state index contributed by atoms with van der Waals surface area (Å²) in [6.45, 7) is 0.267. The monoisotopic (exact) mass is 407 g/mol. The van der Waals surface area contributed by atoms with Gasteiger partial charge in [-0.1, -0.05) is 84.4 Å². The van der Waals surface area contributed by atoms with E-state index in [1.807, 2.05) is 72.8 Å². The molecule has 6 heteroatoms. The normalized spacial score (nSPS) is 11.3. The highest BCUT2D eigenvalue weighted by molar-refractivity contribution is 6.30. The van der Waals surface area contributed by atoms with Crippen molar-refractivity contribution in [1.29, 1.82) is 0 Å². The van der Waals surface area contributed by atoms with Gasteiger partial charge in [0.1, 0.15) is 0 Å². The molecule has 0 aliphatic heterocycles. The third kappa shape index (κ3) is 6.36. The maximum absolute atomic E-state index is 12.5. The largest absolute Gasteiger partial charge is 0.344 e. The Kier molecular flexibility index (Phi) is 7.25. The molecule has 0 saturated carbocycles. The standard InChI is InChI=1S/C23H22ClN3O2/c24-20-13-11-19(12-14-20)22(18-9-5-2-6-10-18)27-21(28)16-26-23(29)25-15-17-7-3-1-4-8-17/h1-14,22H,15-16H2,(H,27,28)(H2,25,26,29). The number of urea groups is 1. The summed E-state index contributed by atoms with van der Waals surface area (Å²) >= 11 is 5.98. The van der Waals surface area contributed by atoms with Gasteiger partial charge in [-0.25, -0.2) is 4.79 Å². The summed E-state index contributed by atoms with van der Waals surface area (Å²) in [5.41, 5.74) is 2.83. The second-order valence-corrected chi connectivity index (χ2v) is 6.92. The maximum atomic E-state index is 12.5. The van der Waals surface area contributed by atoms with E-state index in [4.69, 9.17) is 11.6 Å². The Morgan fingerprint density at radius 1 is 0.759 bits per heavy atom. The van der Waals surface area contributed by atoms with E-state index in [-0.39, 0.29) is 18.5 Å². The highest BCUT2D eigenvalue weighted by Gasteiger charge is 2.17. The van der Waals surface area contributed by atoms with Gasteiger partial charge in [-0.2, -0.15) is 0 Å². The summed E-state index contributed by atoms with van der Waals surface area (Å²) in [5.74, 6) is -0.288. The van der Waals surface area contributed by atoms with Crippen LogP contribution >= 0.6 is 11.6 Å². The van der Waals surface area contributed by atoms with E-state index in [0.29, 0.717) is 11.6 Å². The lowest BCUT2D eigenvalue weighted by atomic mass is 9.99. The Morgan fingerprint density at radius 2 is 1.34 bits per heavy atom. The molecule has 0 aromatic heterocycles. The molecule has 3 aromatic carbocycles. The highest BCUT2D eigenvalue weighted by atomic mass is 35.5. The third-order valence-electron chi connectivity index (χ3n) is 4.35. The minimum atomic E-state index is -0.397. The van der Waals surface area contributed by atoms with Gasteiger partial charge >= 0.3 is 6.03 Å².